The number of hydrogen-bond donors (Lipinski definition) is 2. The van der Waals surface area contributed by atoms with Gasteiger partial charge in [-0.2, -0.15) is 5.26 Å². The smallest absolute Gasteiger partial charge is 0.0994 e. The summed E-state index contributed by atoms with van der Waals surface area (Å²) >= 11 is 0. The number of rotatable bonds is 4. The van der Waals surface area contributed by atoms with Gasteiger partial charge >= 0.3 is 0 Å². The van der Waals surface area contributed by atoms with E-state index in [0.717, 1.165) is 22.4 Å². The Kier molecular flexibility index (Phi) is 3.95. The van der Waals surface area contributed by atoms with E-state index in [1.165, 1.54) is 0 Å². The van der Waals surface area contributed by atoms with Crippen molar-refractivity contribution in [2.24, 2.45) is 0 Å². The first kappa shape index (κ1) is 12.2. The zero-order chi connectivity index (χ0) is 12.8. The summed E-state index contributed by atoms with van der Waals surface area (Å²) in [5.41, 5.74) is 10.2. The Morgan fingerprint density at radius 3 is 2.56 bits per heavy atom. The molecule has 2 N–H and O–H groups in total. The highest BCUT2D eigenvalue weighted by molar-refractivity contribution is 5.43. The molecule has 0 atom stereocenters. The van der Waals surface area contributed by atoms with E-state index in [1.54, 1.807) is 0 Å². The van der Waals surface area contributed by atoms with Crippen LogP contribution in [-0.4, -0.2) is 0 Å². The second-order valence-electron chi connectivity index (χ2n) is 4.05. The molecule has 0 spiro atoms. The standard InChI is InChI=1S/C15H15N3/c1-12-13(10-16)6-5-7-14(12)11-17-18-15-8-3-2-4-9-15/h2-9,17-18H,11H2,1H3. The molecular weight excluding hydrogens is 222 g/mol. The fraction of sp³-hybridized carbons (Fsp3) is 0.133. The molecule has 2 rings (SSSR count). The van der Waals surface area contributed by atoms with Gasteiger partial charge in [-0.15, -0.1) is 0 Å². The highest BCUT2D eigenvalue weighted by Gasteiger charge is 2.02. The Balaban J connectivity index is 1.97. The van der Waals surface area contributed by atoms with Crippen molar-refractivity contribution in [2.45, 2.75) is 13.5 Å². The highest BCUT2D eigenvalue weighted by atomic mass is 15.3. The molecule has 18 heavy (non-hydrogen) atoms. The first-order valence-corrected chi connectivity index (χ1v) is 5.84. The summed E-state index contributed by atoms with van der Waals surface area (Å²) in [6.07, 6.45) is 0. The van der Waals surface area contributed by atoms with Crippen LogP contribution in [0, 0.1) is 18.3 Å². The summed E-state index contributed by atoms with van der Waals surface area (Å²) in [6.45, 7) is 2.65. The summed E-state index contributed by atoms with van der Waals surface area (Å²) in [4.78, 5) is 0. The van der Waals surface area contributed by atoms with Crippen LogP contribution in [0.3, 0.4) is 0 Å². The summed E-state index contributed by atoms with van der Waals surface area (Å²) in [6, 6.07) is 17.9. The molecule has 0 bridgehead atoms. The number of nitrogens with one attached hydrogen (secondary N) is 2. The minimum absolute atomic E-state index is 0.677. The zero-order valence-corrected chi connectivity index (χ0v) is 10.3. The van der Waals surface area contributed by atoms with E-state index in [4.69, 9.17) is 5.26 Å². The van der Waals surface area contributed by atoms with Gasteiger partial charge in [-0.25, -0.2) is 5.43 Å². The van der Waals surface area contributed by atoms with Crippen molar-refractivity contribution in [2.75, 3.05) is 5.43 Å². The lowest BCUT2D eigenvalue weighted by Crippen LogP contribution is -2.21. The van der Waals surface area contributed by atoms with Crippen LogP contribution in [0.5, 0.6) is 0 Å². The van der Waals surface area contributed by atoms with Crippen LogP contribution in [0.2, 0.25) is 0 Å². The van der Waals surface area contributed by atoms with Crippen molar-refractivity contribution < 1.29 is 0 Å². The third kappa shape index (κ3) is 2.88. The Hall–Kier alpha value is -2.31. The monoisotopic (exact) mass is 237 g/mol. The van der Waals surface area contributed by atoms with E-state index in [0.29, 0.717) is 6.54 Å². The molecular formula is C15H15N3. The second kappa shape index (κ2) is 5.85. The van der Waals surface area contributed by atoms with Crippen LogP contribution in [0.1, 0.15) is 16.7 Å². The van der Waals surface area contributed by atoms with Crippen LogP contribution < -0.4 is 10.9 Å². The molecule has 0 aliphatic rings. The molecule has 3 nitrogen and oxygen atoms in total. The van der Waals surface area contributed by atoms with Gasteiger partial charge in [0, 0.05) is 12.2 Å². The van der Waals surface area contributed by atoms with Gasteiger partial charge in [0.05, 0.1) is 11.6 Å². The molecule has 0 unspecified atom stereocenters. The Labute approximate surface area is 107 Å². The van der Waals surface area contributed by atoms with Crippen LogP contribution in [0.15, 0.2) is 48.5 Å². The summed E-state index contributed by atoms with van der Waals surface area (Å²) in [7, 11) is 0. The number of nitriles is 1. The minimum atomic E-state index is 0.677. The number of anilines is 1. The van der Waals surface area contributed by atoms with E-state index < -0.39 is 0 Å². The minimum Gasteiger partial charge on any atom is -0.321 e. The lowest BCUT2D eigenvalue weighted by Gasteiger charge is -2.10. The van der Waals surface area contributed by atoms with Crippen molar-refractivity contribution in [3.8, 4) is 6.07 Å². The van der Waals surface area contributed by atoms with Crippen LogP contribution >= 0.6 is 0 Å². The van der Waals surface area contributed by atoms with Crippen molar-refractivity contribution in [3.63, 3.8) is 0 Å². The molecule has 0 radical (unpaired) electrons. The maximum Gasteiger partial charge on any atom is 0.0994 e. The van der Waals surface area contributed by atoms with E-state index in [1.807, 2.05) is 55.5 Å². The van der Waals surface area contributed by atoms with Crippen molar-refractivity contribution in [3.05, 3.63) is 65.2 Å². The third-order valence-electron chi connectivity index (χ3n) is 2.85. The molecule has 2 aromatic rings. The van der Waals surface area contributed by atoms with Crippen LogP contribution in [-0.2, 0) is 6.54 Å². The largest absolute Gasteiger partial charge is 0.321 e. The number of para-hydroxylation sites is 1. The molecule has 0 aliphatic heterocycles. The van der Waals surface area contributed by atoms with Gasteiger partial charge in [-0.1, -0.05) is 30.3 Å². The topological polar surface area (TPSA) is 47.9 Å². The number of hydrazine groups is 1. The molecule has 90 valence electrons. The number of nitrogens with zero attached hydrogens (tertiary/aromatic N) is 1. The SMILES string of the molecule is Cc1c(C#N)cccc1CNNc1ccccc1. The summed E-state index contributed by atoms with van der Waals surface area (Å²) in [5, 5.41) is 8.96. The predicted octanol–water partition coefficient (Wildman–Crippen LogP) is 2.98. The molecule has 0 heterocycles. The van der Waals surface area contributed by atoms with Gasteiger partial charge in [0.15, 0.2) is 0 Å². The number of benzene rings is 2. The average Bonchev–Trinajstić information content (AvgIpc) is 2.42. The van der Waals surface area contributed by atoms with Gasteiger partial charge in [-0.05, 0) is 36.2 Å². The third-order valence-corrected chi connectivity index (χ3v) is 2.85. The van der Waals surface area contributed by atoms with E-state index in [2.05, 4.69) is 16.9 Å². The van der Waals surface area contributed by atoms with E-state index >= 15 is 0 Å². The lowest BCUT2D eigenvalue weighted by molar-refractivity contribution is 0.796. The Bertz CT molecular complexity index is 556. The van der Waals surface area contributed by atoms with Crippen LogP contribution in [0.4, 0.5) is 5.69 Å². The zero-order valence-electron chi connectivity index (χ0n) is 10.3. The maximum atomic E-state index is 8.96. The summed E-state index contributed by atoms with van der Waals surface area (Å²) in [5.74, 6) is 0. The Morgan fingerprint density at radius 2 is 1.83 bits per heavy atom. The van der Waals surface area contributed by atoms with Crippen molar-refractivity contribution in [1.29, 1.82) is 5.26 Å². The molecule has 3 heteroatoms. The van der Waals surface area contributed by atoms with Gasteiger partial charge in [0.2, 0.25) is 0 Å². The first-order valence-electron chi connectivity index (χ1n) is 5.84. The molecule has 0 saturated carbocycles. The summed E-state index contributed by atoms with van der Waals surface area (Å²) < 4.78 is 0. The first-order chi connectivity index (χ1) is 8.81. The second-order valence-corrected chi connectivity index (χ2v) is 4.05. The molecule has 0 aromatic heterocycles. The molecule has 2 aromatic carbocycles. The fourth-order valence-electron chi connectivity index (χ4n) is 1.76. The predicted molar refractivity (Wildman–Crippen MR) is 72.8 cm³/mol. The molecule has 0 amide bonds. The normalized spacial score (nSPS) is 9.78. The fourth-order valence-corrected chi connectivity index (χ4v) is 1.76. The van der Waals surface area contributed by atoms with Crippen molar-refractivity contribution in [1.82, 2.24) is 5.43 Å². The highest BCUT2D eigenvalue weighted by Crippen LogP contribution is 2.12. The number of hydrogen-bond acceptors (Lipinski definition) is 3. The van der Waals surface area contributed by atoms with Gasteiger partial charge in [-0.3, -0.25) is 0 Å². The molecule has 0 aliphatic carbocycles. The van der Waals surface area contributed by atoms with Crippen molar-refractivity contribution >= 4 is 5.69 Å². The molecule has 0 saturated heterocycles. The van der Waals surface area contributed by atoms with E-state index in [-0.39, 0.29) is 0 Å². The van der Waals surface area contributed by atoms with Gasteiger partial charge in [0.1, 0.15) is 0 Å². The van der Waals surface area contributed by atoms with Crippen LogP contribution in [0.25, 0.3) is 0 Å². The average molecular weight is 237 g/mol. The molecule has 0 fully saturated rings. The van der Waals surface area contributed by atoms with E-state index in [9.17, 15) is 0 Å². The van der Waals surface area contributed by atoms with Gasteiger partial charge < -0.3 is 5.43 Å². The lowest BCUT2D eigenvalue weighted by atomic mass is 10.0. The Morgan fingerprint density at radius 1 is 1.06 bits per heavy atom. The maximum absolute atomic E-state index is 8.96. The van der Waals surface area contributed by atoms with Gasteiger partial charge in [0.25, 0.3) is 0 Å². The quantitative estimate of drug-likeness (QED) is 0.804.